The second kappa shape index (κ2) is 4.73. The molecule has 0 aliphatic heterocycles. The first-order chi connectivity index (χ1) is 5.77. The highest BCUT2D eigenvalue weighted by Gasteiger charge is 2.00. The zero-order valence-corrected chi connectivity index (χ0v) is 9.15. The first-order valence-electron chi connectivity index (χ1n) is 3.75. The van der Waals surface area contributed by atoms with Crippen molar-refractivity contribution in [1.29, 1.82) is 0 Å². The van der Waals surface area contributed by atoms with Gasteiger partial charge >= 0.3 is 0 Å². The highest BCUT2D eigenvalue weighted by Crippen LogP contribution is 2.26. The summed E-state index contributed by atoms with van der Waals surface area (Å²) >= 11 is 9.26. The van der Waals surface area contributed by atoms with Gasteiger partial charge in [0.1, 0.15) is 5.75 Å². The van der Waals surface area contributed by atoms with Crippen LogP contribution in [0.15, 0.2) is 18.2 Å². The molecule has 66 valence electrons. The third-order valence-corrected chi connectivity index (χ3v) is 2.41. The lowest BCUT2D eigenvalue weighted by Gasteiger charge is -2.06. The summed E-state index contributed by atoms with van der Waals surface area (Å²) < 4.78 is 5.33. The Balaban J connectivity index is 2.91. The van der Waals surface area contributed by atoms with Crippen LogP contribution in [-0.4, -0.2) is 6.61 Å². The minimum absolute atomic E-state index is 0.644. The van der Waals surface area contributed by atoms with E-state index < -0.39 is 0 Å². The number of alkyl halides is 1. The summed E-state index contributed by atoms with van der Waals surface area (Å²) in [5, 5.41) is 1.49. The highest BCUT2D eigenvalue weighted by molar-refractivity contribution is 9.08. The molecule has 0 saturated heterocycles. The summed E-state index contributed by atoms with van der Waals surface area (Å²) in [5.41, 5.74) is 1.17. The Morgan fingerprint density at radius 1 is 1.50 bits per heavy atom. The first kappa shape index (κ1) is 9.87. The molecule has 0 bridgehead atoms. The molecule has 0 saturated carbocycles. The van der Waals surface area contributed by atoms with Gasteiger partial charge in [-0.15, -0.1) is 0 Å². The van der Waals surface area contributed by atoms with Crippen molar-refractivity contribution in [3.8, 4) is 5.75 Å². The molecule has 0 aliphatic rings. The minimum atomic E-state index is 0.644. The van der Waals surface area contributed by atoms with Crippen LogP contribution in [-0.2, 0) is 5.33 Å². The van der Waals surface area contributed by atoms with Crippen molar-refractivity contribution < 1.29 is 4.74 Å². The van der Waals surface area contributed by atoms with Crippen LogP contribution in [0.5, 0.6) is 5.75 Å². The van der Waals surface area contributed by atoms with Crippen LogP contribution in [0, 0.1) is 0 Å². The van der Waals surface area contributed by atoms with E-state index >= 15 is 0 Å². The van der Waals surface area contributed by atoms with Gasteiger partial charge in [-0.1, -0.05) is 33.6 Å². The number of ether oxygens (including phenoxy) is 1. The average molecular weight is 250 g/mol. The quantitative estimate of drug-likeness (QED) is 0.743. The van der Waals surface area contributed by atoms with Crippen LogP contribution >= 0.6 is 27.5 Å². The molecule has 1 aromatic rings. The third-order valence-electron chi connectivity index (χ3n) is 1.45. The van der Waals surface area contributed by atoms with E-state index in [9.17, 15) is 0 Å². The molecule has 0 fully saturated rings. The van der Waals surface area contributed by atoms with Gasteiger partial charge < -0.3 is 4.74 Å². The van der Waals surface area contributed by atoms with Crippen molar-refractivity contribution in [1.82, 2.24) is 0 Å². The number of hydrogen-bond donors (Lipinski definition) is 0. The summed E-state index contributed by atoms with van der Waals surface area (Å²) in [6, 6.07) is 5.77. The second-order valence-corrected chi connectivity index (χ2v) is 3.30. The fourth-order valence-corrected chi connectivity index (χ4v) is 1.42. The molecular formula is C9H10BrClO. The van der Waals surface area contributed by atoms with Gasteiger partial charge in [-0.2, -0.15) is 0 Å². The normalized spacial score (nSPS) is 9.92. The lowest BCUT2D eigenvalue weighted by Crippen LogP contribution is -1.92. The van der Waals surface area contributed by atoms with Crippen LogP contribution in [0.2, 0.25) is 5.02 Å². The average Bonchev–Trinajstić information content (AvgIpc) is 2.09. The molecule has 0 amide bonds. The van der Waals surface area contributed by atoms with Crippen LogP contribution in [0.3, 0.4) is 0 Å². The molecule has 12 heavy (non-hydrogen) atoms. The molecule has 0 unspecified atom stereocenters. The van der Waals surface area contributed by atoms with Crippen LogP contribution in [0.25, 0.3) is 0 Å². The maximum atomic E-state index is 5.89. The smallest absolute Gasteiger partial charge is 0.138 e. The Hall–Kier alpha value is -0.210. The Morgan fingerprint density at radius 3 is 2.83 bits per heavy atom. The van der Waals surface area contributed by atoms with E-state index in [-0.39, 0.29) is 0 Å². The predicted molar refractivity (Wildman–Crippen MR) is 55.3 cm³/mol. The molecule has 1 nitrogen and oxygen atoms in total. The van der Waals surface area contributed by atoms with Gasteiger partial charge in [0.15, 0.2) is 0 Å². The summed E-state index contributed by atoms with van der Waals surface area (Å²) in [4.78, 5) is 0. The number of benzene rings is 1. The third kappa shape index (κ3) is 2.39. The molecule has 0 radical (unpaired) electrons. The van der Waals surface area contributed by atoms with Gasteiger partial charge in [0.2, 0.25) is 0 Å². The maximum absolute atomic E-state index is 5.89. The summed E-state index contributed by atoms with van der Waals surface area (Å²) in [6.07, 6.45) is 0. The molecule has 0 heterocycles. The van der Waals surface area contributed by atoms with Gasteiger partial charge in [0.05, 0.1) is 11.6 Å². The van der Waals surface area contributed by atoms with Crippen molar-refractivity contribution in [2.45, 2.75) is 12.3 Å². The summed E-state index contributed by atoms with van der Waals surface area (Å²) in [6.45, 7) is 2.59. The molecule has 0 N–H and O–H groups in total. The van der Waals surface area contributed by atoms with Crippen LogP contribution in [0.4, 0.5) is 0 Å². The van der Waals surface area contributed by atoms with Crippen molar-refractivity contribution in [3.63, 3.8) is 0 Å². The van der Waals surface area contributed by atoms with Gasteiger partial charge in [-0.3, -0.25) is 0 Å². The number of halogens is 2. The largest absolute Gasteiger partial charge is 0.492 e. The van der Waals surface area contributed by atoms with E-state index in [4.69, 9.17) is 16.3 Å². The van der Waals surface area contributed by atoms with Crippen LogP contribution in [0.1, 0.15) is 12.5 Å². The molecule has 0 atom stereocenters. The van der Waals surface area contributed by atoms with Crippen molar-refractivity contribution in [2.75, 3.05) is 6.61 Å². The van der Waals surface area contributed by atoms with Gasteiger partial charge in [0.25, 0.3) is 0 Å². The standard InChI is InChI=1S/C9H10BrClO/c1-2-12-9-5-7(6-10)3-4-8(9)11/h3-5H,2,6H2,1H3. The summed E-state index contributed by atoms with van der Waals surface area (Å²) in [7, 11) is 0. The van der Waals surface area contributed by atoms with E-state index in [0.29, 0.717) is 11.6 Å². The fraction of sp³-hybridized carbons (Fsp3) is 0.333. The lowest BCUT2D eigenvalue weighted by atomic mass is 10.2. The fourth-order valence-electron chi connectivity index (χ4n) is 0.897. The zero-order chi connectivity index (χ0) is 8.97. The second-order valence-electron chi connectivity index (χ2n) is 2.33. The zero-order valence-electron chi connectivity index (χ0n) is 6.81. The van der Waals surface area contributed by atoms with E-state index in [1.54, 1.807) is 0 Å². The monoisotopic (exact) mass is 248 g/mol. The molecular weight excluding hydrogens is 239 g/mol. The van der Waals surface area contributed by atoms with Crippen molar-refractivity contribution in [2.24, 2.45) is 0 Å². The Bertz CT molecular complexity index is 263. The Kier molecular flexibility index (Phi) is 3.89. The van der Waals surface area contributed by atoms with Crippen molar-refractivity contribution in [3.05, 3.63) is 28.8 Å². The summed E-state index contributed by atoms with van der Waals surface area (Å²) in [5.74, 6) is 0.760. The van der Waals surface area contributed by atoms with E-state index in [1.165, 1.54) is 5.56 Å². The minimum Gasteiger partial charge on any atom is -0.492 e. The Labute approximate surface area is 85.8 Å². The van der Waals surface area contributed by atoms with E-state index in [1.807, 2.05) is 25.1 Å². The first-order valence-corrected chi connectivity index (χ1v) is 5.25. The molecule has 1 rings (SSSR count). The van der Waals surface area contributed by atoms with Gasteiger partial charge in [-0.25, -0.2) is 0 Å². The molecule has 3 heteroatoms. The maximum Gasteiger partial charge on any atom is 0.138 e. The van der Waals surface area contributed by atoms with E-state index in [0.717, 1.165) is 11.1 Å². The number of rotatable bonds is 3. The number of hydrogen-bond acceptors (Lipinski definition) is 1. The molecule has 0 spiro atoms. The topological polar surface area (TPSA) is 9.23 Å². The van der Waals surface area contributed by atoms with Gasteiger partial charge in [0, 0.05) is 5.33 Å². The van der Waals surface area contributed by atoms with Crippen LogP contribution < -0.4 is 4.74 Å². The molecule has 0 aliphatic carbocycles. The van der Waals surface area contributed by atoms with E-state index in [2.05, 4.69) is 15.9 Å². The highest BCUT2D eigenvalue weighted by atomic mass is 79.9. The van der Waals surface area contributed by atoms with Gasteiger partial charge in [-0.05, 0) is 24.6 Å². The molecule has 1 aromatic carbocycles. The molecule has 0 aromatic heterocycles. The van der Waals surface area contributed by atoms with Crippen molar-refractivity contribution >= 4 is 27.5 Å². The Morgan fingerprint density at radius 2 is 2.25 bits per heavy atom. The SMILES string of the molecule is CCOc1cc(CBr)ccc1Cl. The predicted octanol–water partition coefficient (Wildman–Crippen LogP) is 3.63. The lowest BCUT2D eigenvalue weighted by molar-refractivity contribution is 0.340.